The molecule has 0 aromatic rings. The average molecular weight is 179 g/mol. The van der Waals surface area contributed by atoms with Crippen LogP contribution >= 0.6 is 0 Å². The third kappa shape index (κ3) is 0.917. The highest BCUT2D eigenvalue weighted by Crippen LogP contribution is 2.56. The molecule has 0 amide bonds. The number of fused-ring (bicyclic) bond motifs is 1. The van der Waals surface area contributed by atoms with E-state index in [0.29, 0.717) is 11.8 Å². The van der Waals surface area contributed by atoms with Crippen LogP contribution in [0.15, 0.2) is 17.3 Å². The standard InChI is InChI=1S/C11H17NO/c1-3-11-7-5-4-6-9(11)8(2)10(11)12-13/h4,6,8-9,13H,3,5,7H2,1-2H3/b12-10+. The summed E-state index contributed by atoms with van der Waals surface area (Å²) in [4.78, 5) is 0. The fourth-order valence-corrected chi connectivity index (χ4v) is 3.19. The van der Waals surface area contributed by atoms with Gasteiger partial charge >= 0.3 is 0 Å². The van der Waals surface area contributed by atoms with Crippen LogP contribution in [0, 0.1) is 17.3 Å². The highest BCUT2D eigenvalue weighted by molar-refractivity contribution is 5.98. The van der Waals surface area contributed by atoms with Crippen LogP contribution in [0.5, 0.6) is 0 Å². The SMILES string of the molecule is CCC12CCC=CC1C(C)/C2=N\O. The van der Waals surface area contributed by atoms with Crippen LogP contribution < -0.4 is 0 Å². The van der Waals surface area contributed by atoms with Crippen molar-refractivity contribution >= 4 is 5.71 Å². The Morgan fingerprint density at radius 2 is 2.46 bits per heavy atom. The Morgan fingerprint density at radius 1 is 1.69 bits per heavy atom. The smallest absolute Gasteiger partial charge is 0.0672 e. The zero-order chi connectivity index (χ0) is 9.47. The lowest BCUT2D eigenvalue weighted by molar-refractivity contribution is 0.139. The molecule has 13 heavy (non-hydrogen) atoms. The van der Waals surface area contributed by atoms with E-state index in [1.807, 2.05) is 0 Å². The number of hydrogen-bond donors (Lipinski definition) is 1. The molecule has 2 nitrogen and oxygen atoms in total. The van der Waals surface area contributed by atoms with E-state index in [9.17, 15) is 0 Å². The number of rotatable bonds is 1. The Hall–Kier alpha value is -0.790. The minimum atomic E-state index is 0.211. The summed E-state index contributed by atoms with van der Waals surface area (Å²) in [7, 11) is 0. The van der Waals surface area contributed by atoms with Gasteiger partial charge in [0, 0.05) is 11.3 Å². The first kappa shape index (κ1) is 8.79. The molecule has 2 aliphatic rings. The summed E-state index contributed by atoms with van der Waals surface area (Å²) in [5, 5.41) is 12.4. The normalized spacial score (nSPS) is 45.8. The third-order valence-corrected chi connectivity index (χ3v) is 3.96. The van der Waals surface area contributed by atoms with Crippen molar-refractivity contribution in [1.29, 1.82) is 0 Å². The maximum absolute atomic E-state index is 8.96. The van der Waals surface area contributed by atoms with E-state index in [0.717, 1.165) is 25.0 Å². The first-order chi connectivity index (χ1) is 6.26. The molecule has 0 aromatic carbocycles. The van der Waals surface area contributed by atoms with Gasteiger partial charge in [0.2, 0.25) is 0 Å². The van der Waals surface area contributed by atoms with Gasteiger partial charge in [0.1, 0.15) is 0 Å². The van der Waals surface area contributed by atoms with E-state index < -0.39 is 0 Å². The van der Waals surface area contributed by atoms with Gasteiger partial charge in [-0.2, -0.15) is 0 Å². The second-order valence-electron chi connectivity index (χ2n) is 4.28. The number of hydrogen-bond acceptors (Lipinski definition) is 2. The summed E-state index contributed by atoms with van der Waals surface area (Å²) in [6.07, 6.45) is 7.98. The molecule has 1 fully saturated rings. The Labute approximate surface area is 79.3 Å². The predicted octanol–water partition coefficient (Wildman–Crippen LogP) is 2.83. The molecule has 72 valence electrons. The van der Waals surface area contributed by atoms with Crippen LogP contribution in [0.25, 0.3) is 0 Å². The Bertz CT molecular complexity index is 269. The van der Waals surface area contributed by atoms with Crippen molar-refractivity contribution in [2.45, 2.75) is 33.1 Å². The molecule has 0 spiro atoms. The summed E-state index contributed by atoms with van der Waals surface area (Å²) in [5.74, 6) is 1.07. The van der Waals surface area contributed by atoms with Crippen LogP contribution in [0.1, 0.15) is 33.1 Å². The Balaban J connectivity index is 2.34. The van der Waals surface area contributed by atoms with Gasteiger partial charge in [0.25, 0.3) is 0 Å². The van der Waals surface area contributed by atoms with Crippen molar-refractivity contribution in [2.24, 2.45) is 22.4 Å². The van der Waals surface area contributed by atoms with Crippen LogP contribution in [0.4, 0.5) is 0 Å². The summed E-state index contributed by atoms with van der Waals surface area (Å²) < 4.78 is 0. The van der Waals surface area contributed by atoms with Gasteiger partial charge in [0.05, 0.1) is 5.71 Å². The predicted molar refractivity (Wildman–Crippen MR) is 53.0 cm³/mol. The van der Waals surface area contributed by atoms with E-state index in [-0.39, 0.29) is 5.41 Å². The number of allylic oxidation sites excluding steroid dienone is 2. The molecule has 1 N–H and O–H groups in total. The van der Waals surface area contributed by atoms with Crippen LogP contribution in [0.2, 0.25) is 0 Å². The molecule has 0 aliphatic heterocycles. The van der Waals surface area contributed by atoms with Crippen LogP contribution in [0.3, 0.4) is 0 Å². The number of oxime groups is 1. The van der Waals surface area contributed by atoms with Gasteiger partial charge in [-0.15, -0.1) is 0 Å². The summed E-state index contributed by atoms with van der Waals surface area (Å²) in [6.45, 7) is 4.35. The van der Waals surface area contributed by atoms with E-state index in [4.69, 9.17) is 5.21 Å². The molecule has 3 atom stereocenters. The average Bonchev–Trinajstić information content (AvgIpc) is 2.17. The Kier molecular flexibility index (Phi) is 1.94. The minimum Gasteiger partial charge on any atom is -0.411 e. The molecule has 3 unspecified atom stereocenters. The molecule has 0 bridgehead atoms. The van der Waals surface area contributed by atoms with E-state index in [1.54, 1.807) is 0 Å². The minimum absolute atomic E-state index is 0.211. The maximum Gasteiger partial charge on any atom is 0.0672 e. The molecule has 2 rings (SSSR count). The lowest BCUT2D eigenvalue weighted by Gasteiger charge is -2.55. The molecule has 2 aliphatic carbocycles. The van der Waals surface area contributed by atoms with Crippen LogP contribution in [-0.2, 0) is 0 Å². The fraction of sp³-hybridized carbons (Fsp3) is 0.727. The van der Waals surface area contributed by atoms with Crippen molar-refractivity contribution in [3.63, 3.8) is 0 Å². The lowest BCUT2D eigenvalue weighted by Crippen LogP contribution is -2.56. The van der Waals surface area contributed by atoms with Crippen molar-refractivity contribution in [1.82, 2.24) is 0 Å². The van der Waals surface area contributed by atoms with Crippen molar-refractivity contribution in [2.75, 3.05) is 0 Å². The highest BCUT2D eigenvalue weighted by atomic mass is 16.4. The molecule has 0 radical (unpaired) electrons. The summed E-state index contributed by atoms with van der Waals surface area (Å²) in [5.41, 5.74) is 1.24. The van der Waals surface area contributed by atoms with Gasteiger partial charge in [-0.3, -0.25) is 0 Å². The van der Waals surface area contributed by atoms with Gasteiger partial charge in [-0.05, 0) is 25.2 Å². The zero-order valence-corrected chi connectivity index (χ0v) is 8.33. The molecular formula is C11H17NO. The van der Waals surface area contributed by atoms with Crippen LogP contribution in [-0.4, -0.2) is 10.9 Å². The van der Waals surface area contributed by atoms with E-state index in [1.165, 1.54) is 0 Å². The number of nitrogens with zero attached hydrogens (tertiary/aromatic N) is 1. The second kappa shape index (κ2) is 2.86. The van der Waals surface area contributed by atoms with E-state index >= 15 is 0 Å². The Morgan fingerprint density at radius 3 is 3.08 bits per heavy atom. The molecule has 1 saturated carbocycles. The van der Waals surface area contributed by atoms with Crippen molar-refractivity contribution < 1.29 is 5.21 Å². The largest absolute Gasteiger partial charge is 0.411 e. The monoisotopic (exact) mass is 179 g/mol. The topological polar surface area (TPSA) is 32.6 Å². The first-order valence-electron chi connectivity index (χ1n) is 5.15. The molecule has 0 heterocycles. The van der Waals surface area contributed by atoms with Gasteiger partial charge < -0.3 is 5.21 Å². The third-order valence-electron chi connectivity index (χ3n) is 3.96. The highest BCUT2D eigenvalue weighted by Gasteiger charge is 2.56. The molecular weight excluding hydrogens is 162 g/mol. The first-order valence-corrected chi connectivity index (χ1v) is 5.15. The fourth-order valence-electron chi connectivity index (χ4n) is 3.19. The van der Waals surface area contributed by atoms with Gasteiger partial charge in [-0.1, -0.05) is 31.2 Å². The van der Waals surface area contributed by atoms with Gasteiger partial charge in [-0.25, -0.2) is 0 Å². The summed E-state index contributed by atoms with van der Waals surface area (Å²) in [6, 6.07) is 0. The van der Waals surface area contributed by atoms with E-state index in [2.05, 4.69) is 31.2 Å². The molecule has 0 saturated heterocycles. The van der Waals surface area contributed by atoms with Crippen molar-refractivity contribution in [3.05, 3.63) is 12.2 Å². The zero-order valence-electron chi connectivity index (χ0n) is 8.33. The van der Waals surface area contributed by atoms with Gasteiger partial charge in [0.15, 0.2) is 0 Å². The van der Waals surface area contributed by atoms with Crippen molar-refractivity contribution in [3.8, 4) is 0 Å². The molecule has 0 aromatic heterocycles. The lowest BCUT2D eigenvalue weighted by atomic mass is 9.48. The quantitative estimate of drug-likeness (QED) is 0.375. The summed E-state index contributed by atoms with van der Waals surface area (Å²) >= 11 is 0. The maximum atomic E-state index is 8.96. The second-order valence-corrected chi connectivity index (χ2v) is 4.28. The molecule has 2 heteroatoms.